The molecule has 0 aliphatic heterocycles. The Morgan fingerprint density at radius 3 is 2.75 bits per heavy atom. The van der Waals surface area contributed by atoms with Crippen molar-refractivity contribution in [3.05, 3.63) is 23.9 Å². The van der Waals surface area contributed by atoms with Crippen LogP contribution in [-0.4, -0.2) is 24.0 Å². The second kappa shape index (κ2) is 6.25. The zero-order chi connectivity index (χ0) is 14.6. The first-order valence-corrected chi connectivity index (χ1v) is 7.56. The molecular formula is C16H25N3O. The van der Waals surface area contributed by atoms with Crippen LogP contribution in [0.5, 0.6) is 0 Å². The van der Waals surface area contributed by atoms with Crippen LogP contribution < -0.4 is 10.6 Å². The maximum absolute atomic E-state index is 12.2. The number of anilines is 1. The van der Waals surface area contributed by atoms with Crippen LogP contribution in [0, 0.1) is 11.3 Å². The van der Waals surface area contributed by atoms with Crippen LogP contribution in [0.3, 0.4) is 0 Å². The number of nitrogens with zero attached hydrogens (tertiary/aromatic N) is 1. The van der Waals surface area contributed by atoms with E-state index in [9.17, 15) is 4.79 Å². The molecule has 2 rings (SSSR count). The minimum Gasteiger partial charge on any atom is -0.370 e. The topological polar surface area (TPSA) is 54.0 Å². The summed E-state index contributed by atoms with van der Waals surface area (Å²) in [5, 5.41) is 6.24. The molecule has 1 aliphatic rings. The maximum Gasteiger partial charge on any atom is 0.269 e. The number of carbonyl (C=O) groups is 1. The van der Waals surface area contributed by atoms with Gasteiger partial charge in [0.2, 0.25) is 0 Å². The minimum absolute atomic E-state index is 0.0722. The average molecular weight is 275 g/mol. The van der Waals surface area contributed by atoms with E-state index in [0.717, 1.165) is 25.3 Å². The first kappa shape index (κ1) is 14.8. The molecule has 0 unspecified atom stereocenters. The summed E-state index contributed by atoms with van der Waals surface area (Å²) in [5.74, 6) is 1.31. The first-order valence-electron chi connectivity index (χ1n) is 7.56. The van der Waals surface area contributed by atoms with Crippen molar-refractivity contribution in [3.8, 4) is 0 Å². The molecule has 0 bridgehead atoms. The molecule has 1 saturated carbocycles. The number of rotatable bonds is 7. The van der Waals surface area contributed by atoms with Crippen molar-refractivity contribution >= 4 is 11.7 Å². The largest absolute Gasteiger partial charge is 0.370 e. The predicted molar refractivity (Wildman–Crippen MR) is 81.9 cm³/mol. The number of aromatic nitrogens is 1. The third-order valence-corrected chi connectivity index (χ3v) is 4.26. The van der Waals surface area contributed by atoms with Gasteiger partial charge in [0, 0.05) is 13.1 Å². The summed E-state index contributed by atoms with van der Waals surface area (Å²) < 4.78 is 0. The van der Waals surface area contributed by atoms with Gasteiger partial charge in [-0.3, -0.25) is 4.79 Å². The third kappa shape index (κ3) is 3.50. The summed E-state index contributed by atoms with van der Waals surface area (Å²) >= 11 is 0. The molecule has 0 saturated heterocycles. The van der Waals surface area contributed by atoms with Gasteiger partial charge in [-0.1, -0.05) is 26.8 Å². The predicted octanol–water partition coefficient (Wildman–Crippen LogP) is 3.07. The lowest BCUT2D eigenvalue weighted by atomic mass is 9.92. The molecule has 0 radical (unpaired) electrons. The van der Waals surface area contributed by atoms with E-state index < -0.39 is 0 Å². The summed E-state index contributed by atoms with van der Waals surface area (Å²) in [6, 6.07) is 5.53. The Kier molecular flexibility index (Phi) is 4.63. The lowest BCUT2D eigenvalue weighted by molar-refractivity contribution is 0.0935. The van der Waals surface area contributed by atoms with Gasteiger partial charge in [0.25, 0.3) is 5.91 Å². The highest BCUT2D eigenvalue weighted by Gasteiger charge is 2.45. The maximum atomic E-state index is 12.2. The van der Waals surface area contributed by atoms with Gasteiger partial charge < -0.3 is 10.6 Å². The Bertz CT molecular complexity index is 467. The van der Waals surface area contributed by atoms with Gasteiger partial charge in [-0.2, -0.15) is 0 Å². The normalized spacial score (nSPS) is 16.0. The Labute approximate surface area is 121 Å². The quantitative estimate of drug-likeness (QED) is 0.804. The van der Waals surface area contributed by atoms with Crippen LogP contribution in [0.1, 0.15) is 50.5 Å². The lowest BCUT2D eigenvalue weighted by Crippen LogP contribution is -2.33. The van der Waals surface area contributed by atoms with Crippen molar-refractivity contribution in [3.63, 3.8) is 0 Å². The summed E-state index contributed by atoms with van der Waals surface area (Å²) in [4.78, 5) is 16.5. The van der Waals surface area contributed by atoms with Crippen LogP contribution in [0.15, 0.2) is 18.2 Å². The highest BCUT2D eigenvalue weighted by atomic mass is 16.1. The van der Waals surface area contributed by atoms with E-state index in [1.807, 2.05) is 12.1 Å². The van der Waals surface area contributed by atoms with Gasteiger partial charge >= 0.3 is 0 Å². The lowest BCUT2D eigenvalue weighted by Gasteiger charge is -2.19. The average Bonchev–Trinajstić information content (AvgIpc) is 3.24. The van der Waals surface area contributed by atoms with Crippen LogP contribution >= 0.6 is 0 Å². The molecule has 1 amide bonds. The van der Waals surface area contributed by atoms with E-state index in [0.29, 0.717) is 17.0 Å². The van der Waals surface area contributed by atoms with Gasteiger partial charge in [0.05, 0.1) is 0 Å². The molecule has 1 heterocycles. The molecule has 4 nitrogen and oxygen atoms in total. The molecule has 110 valence electrons. The second-order valence-electron chi connectivity index (χ2n) is 6.03. The van der Waals surface area contributed by atoms with E-state index in [2.05, 4.69) is 36.4 Å². The minimum atomic E-state index is -0.0722. The smallest absolute Gasteiger partial charge is 0.269 e. The number of hydrogen-bond donors (Lipinski definition) is 2. The van der Waals surface area contributed by atoms with Gasteiger partial charge in [-0.25, -0.2) is 4.98 Å². The Balaban J connectivity index is 1.92. The fourth-order valence-corrected chi connectivity index (χ4v) is 2.38. The number of hydrogen-bond acceptors (Lipinski definition) is 3. The zero-order valence-electron chi connectivity index (χ0n) is 12.7. The van der Waals surface area contributed by atoms with Crippen LogP contribution in [0.4, 0.5) is 5.82 Å². The van der Waals surface area contributed by atoms with E-state index in [1.165, 1.54) is 12.8 Å². The molecule has 4 heteroatoms. The highest BCUT2D eigenvalue weighted by Crippen LogP contribution is 2.51. The Hall–Kier alpha value is -1.58. The molecule has 0 spiro atoms. The van der Waals surface area contributed by atoms with E-state index in [-0.39, 0.29) is 5.91 Å². The summed E-state index contributed by atoms with van der Waals surface area (Å²) in [5.41, 5.74) is 0.818. The summed E-state index contributed by atoms with van der Waals surface area (Å²) in [6.45, 7) is 8.19. The number of carbonyl (C=O) groups excluding carboxylic acids is 1. The van der Waals surface area contributed by atoms with Gasteiger partial charge in [-0.15, -0.1) is 0 Å². The van der Waals surface area contributed by atoms with Crippen LogP contribution in [-0.2, 0) is 0 Å². The standard InChI is InChI=1S/C16H25N3O/c1-4-10-17-14-7-5-6-13(19-14)15(20)18-11-16(8-9-16)12(2)3/h5-7,12H,4,8-11H2,1-3H3,(H,17,19)(H,18,20). The van der Waals surface area contributed by atoms with Crippen LogP contribution in [0.2, 0.25) is 0 Å². The molecule has 20 heavy (non-hydrogen) atoms. The molecule has 0 atom stereocenters. The number of amides is 1. The van der Waals surface area contributed by atoms with Crippen molar-refractivity contribution in [1.29, 1.82) is 0 Å². The fraction of sp³-hybridized carbons (Fsp3) is 0.625. The molecule has 1 aliphatic carbocycles. The van der Waals surface area contributed by atoms with Crippen molar-refractivity contribution in [1.82, 2.24) is 10.3 Å². The molecule has 2 N–H and O–H groups in total. The van der Waals surface area contributed by atoms with E-state index >= 15 is 0 Å². The SMILES string of the molecule is CCCNc1cccc(C(=O)NCC2(C(C)C)CC2)n1. The van der Waals surface area contributed by atoms with Crippen LogP contribution in [0.25, 0.3) is 0 Å². The summed E-state index contributed by atoms with van der Waals surface area (Å²) in [7, 11) is 0. The van der Waals surface area contributed by atoms with Crippen molar-refractivity contribution in [2.75, 3.05) is 18.4 Å². The van der Waals surface area contributed by atoms with Crippen molar-refractivity contribution in [2.24, 2.45) is 11.3 Å². The monoisotopic (exact) mass is 275 g/mol. The van der Waals surface area contributed by atoms with Gasteiger partial charge in [0.15, 0.2) is 0 Å². The van der Waals surface area contributed by atoms with E-state index in [1.54, 1.807) is 6.07 Å². The van der Waals surface area contributed by atoms with E-state index in [4.69, 9.17) is 0 Å². The Morgan fingerprint density at radius 1 is 1.40 bits per heavy atom. The number of pyridine rings is 1. The van der Waals surface area contributed by atoms with Crippen molar-refractivity contribution < 1.29 is 4.79 Å². The summed E-state index contributed by atoms with van der Waals surface area (Å²) in [6.07, 6.45) is 3.47. The van der Waals surface area contributed by atoms with Gasteiger partial charge in [-0.05, 0) is 42.7 Å². The second-order valence-corrected chi connectivity index (χ2v) is 6.03. The first-order chi connectivity index (χ1) is 9.57. The molecule has 0 aromatic carbocycles. The zero-order valence-corrected chi connectivity index (χ0v) is 12.7. The molecular weight excluding hydrogens is 250 g/mol. The Morgan fingerprint density at radius 2 is 2.15 bits per heavy atom. The van der Waals surface area contributed by atoms with Gasteiger partial charge in [0.1, 0.15) is 11.5 Å². The third-order valence-electron chi connectivity index (χ3n) is 4.26. The fourth-order valence-electron chi connectivity index (χ4n) is 2.38. The van der Waals surface area contributed by atoms with Crippen molar-refractivity contribution in [2.45, 2.75) is 40.0 Å². The highest BCUT2D eigenvalue weighted by molar-refractivity contribution is 5.92. The number of nitrogens with one attached hydrogen (secondary N) is 2. The molecule has 1 fully saturated rings. The molecule has 1 aromatic heterocycles. The molecule has 1 aromatic rings.